The maximum atomic E-state index is 12.4. The molecule has 2 heterocycles. The highest BCUT2D eigenvalue weighted by Gasteiger charge is 2.26. The third-order valence-electron chi connectivity index (χ3n) is 3.91. The second kappa shape index (κ2) is 8.77. The molecule has 1 saturated heterocycles. The van der Waals surface area contributed by atoms with Gasteiger partial charge < -0.3 is 15.0 Å². The van der Waals surface area contributed by atoms with E-state index in [1.54, 1.807) is 17.0 Å². The standard InChI is InChI=1S/C16H16Cl2N4O3S/c17-11-2-1-10(7-12(11)18)13-8-22(5-6-25-13)15(24)4-3-14(23)20-16-21-19-9-26-16/h1-2,7,9,13H,3-6,8H2,(H,20,21,23). The van der Waals surface area contributed by atoms with Crippen molar-refractivity contribution in [3.8, 4) is 0 Å². The Balaban J connectivity index is 1.52. The zero-order valence-corrected chi connectivity index (χ0v) is 16.0. The summed E-state index contributed by atoms with van der Waals surface area (Å²) in [5, 5.41) is 11.3. The van der Waals surface area contributed by atoms with Gasteiger partial charge in [0.15, 0.2) is 0 Å². The summed E-state index contributed by atoms with van der Waals surface area (Å²) in [6, 6.07) is 5.29. The van der Waals surface area contributed by atoms with Crippen molar-refractivity contribution >= 4 is 51.5 Å². The lowest BCUT2D eigenvalue weighted by atomic mass is 10.1. The number of carbonyl (C=O) groups excluding carboxylic acids is 2. The summed E-state index contributed by atoms with van der Waals surface area (Å²) < 4.78 is 5.75. The molecule has 1 aromatic carbocycles. The average molecular weight is 415 g/mol. The Bertz CT molecular complexity index is 788. The number of morpholine rings is 1. The van der Waals surface area contributed by atoms with Gasteiger partial charge in [-0.3, -0.25) is 9.59 Å². The van der Waals surface area contributed by atoms with Gasteiger partial charge in [-0.05, 0) is 17.7 Å². The number of hydrogen-bond donors (Lipinski definition) is 1. The minimum atomic E-state index is -0.266. The summed E-state index contributed by atoms with van der Waals surface area (Å²) in [7, 11) is 0. The van der Waals surface area contributed by atoms with E-state index in [2.05, 4.69) is 15.5 Å². The molecule has 0 bridgehead atoms. The molecule has 1 N–H and O–H groups in total. The van der Waals surface area contributed by atoms with E-state index >= 15 is 0 Å². The molecule has 3 rings (SSSR count). The first kappa shape index (κ1) is 19.0. The van der Waals surface area contributed by atoms with Gasteiger partial charge >= 0.3 is 0 Å². The quantitative estimate of drug-likeness (QED) is 0.811. The Morgan fingerprint density at radius 3 is 2.88 bits per heavy atom. The second-order valence-electron chi connectivity index (χ2n) is 5.66. The van der Waals surface area contributed by atoms with Gasteiger partial charge in [-0.15, -0.1) is 10.2 Å². The molecule has 2 amide bonds. The van der Waals surface area contributed by atoms with Crippen molar-refractivity contribution in [2.75, 3.05) is 25.0 Å². The van der Waals surface area contributed by atoms with E-state index in [0.717, 1.165) is 5.56 Å². The van der Waals surface area contributed by atoms with Crippen LogP contribution in [-0.2, 0) is 14.3 Å². The van der Waals surface area contributed by atoms with Crippen LogP contribution in [0.15, 0.2) is 23.7 Å². The monoisotopic (exact) mass is 414 g/mol. The van der Waals surface area contributed by atoms with Gasteiger partial charge in [0.2, 0.25) is 16.9 Å². The highest BCUT2D eigenvalue weighted by molar-refractivity contribution is 7.13. The molecule has 2 aromatic rings. The van der Waals surface area contributed by atoms with Crippen molar-refractivity contribution in [2.24, 2.45) is 0 Å². The van der Waals surface area contributed by atoms with Crippen LogP contribution in [0, 0.1) is 0 Å². The van der Waals surface area contributed by atoms with Crippen LogP contribution in [0.4, 0.5) is 5.13 Å². The maximum absolute atomic E-state index is 12.4. The Morgan fingerprint density at radius 2 is 2.15 bits per heavy atom. The largest absolute Gasteiger partial charge is 0.370 e. The number of halogens is 2. The molecule has 1 fully saturated rings. The van der Waals surface area contributed by atoms with Gasteiger partial charge in [-0.2, -0.15) is 0 Å². The van der Waals surface area contributed by atoms with Crippen LogP contribution in [0.3, 0.4) is 0 Å². The Hall–Kier alpha value is -1.74. The van der Waals surface area contributed by atoms with Crippen molar-refractivity contribution in [2.45, 2.75) is 18.9 Å². The summed E-state index contributed by atoms with van der Waals surface area (Å²) in [6.07, 6.45) is -0.0518. The van der Waals surface area contributed by atoms with Gasteiger partial charge in [0.05, 0.1) is 23.2 Å². The zero-order chi connectivity index (χ0) is 18.5. The number of ether oxygens (including phenoxy) is 1. The molecule has 1 atom stereocenters. The van der Waals surface area contributed by atoms with Crippen LogP contribution in [0.1, 0.15) is 24.5 Å². The minimum absolute atomic E-state index is 0.0905. The maximum Gasteiger partial charge on any atom is 0.226 e. The molecule has 10 heteroatoms. The lowest BCUT2D eigenvalue weighted by Gasteiger charge is -2.33. The molecule has 0 aliphatic carbocycles. The van der Waals surface area contributed by atoms with E-state index in [4.69, 9.17) is 27.9 Å². The molecule has 26 heavy (non-hydrogen) atoms. The zero-order valence-electron chi connectivity index (χ0n) is 13.7. The van der Waals surface area contributed by atoms with Crippen molar-refractivity contribution < 1.29 is 14.3 Å². The number of rotatable bonds is 5. The number of aromatic nitrogens is 2. The van der Waals surface area contributed by atoms with Crippen LogP contribution in [0.25, 0.3) is 0 Å². The number of carbonyl (C=O) groups is 2. The molecule has 1 aliphatic heterocycles. The third kappa shape index (κ3) is 4.91. The van der Waals surface area contributed by atoms with Crippen molar-refractivity contribution in [3.05, 3.63) is 39.3 Å². The van der Waals surface area contributed by atoms with Crippen molar-refractivity contribution in [1.82, 2.24) is 15.1 Å². The third-order valence-corrected chi connectivity index (χ3v) is 5.25. The summed E-state index contributed by atoms with van der Waals surface area (Å²) in [5.74, 6) is -0.352. The number of anilines is 1. The molecule has 138 valence electrons. The predicted octanol–water partition coefficient (Wildman–Crippen LogP) is 3.16. The first-order valence-corrected chi connectivity index (χ1v) is 9.57. The number of benzene rings is 1. The lowest BCUT2D eigenvalue weighted by Crippen LogP contribution is -2.42. The average Bonchev–Trinajstić information content (AvgIpc) is 3.15. The molecule has 0 saturated carbocycles. The van der Waals surface area contributed by atoms with Gasteiger partial charge in [0, 0.05) is 19.4 Å². The summed E-state index contributed by atoms with van der Waals surface area (Å²) in [5.41, 5.74) is 2.39. The fraction of sp³-hybridized carbons (Fsp3) is 0.375. The first-order valence-electron chi connectivity index (χ1n) is 7.93. The molecular formula is C16H16Cl2N4O3S. The normalized spacial score (nSPS) is 17.2. The van der Waals surface area contributed by atoms with Crippen LogP contribution in [-0.4, -0.2) is 46.6 Å². The van der Waals surface area contributed by atoms with E-state index in [0.29, 0.717) is 34.9 Å². The minimum Gasteiger partial charge on any atom is -0.370 e. The van der Waals surface area contributed by atoms with Gasteiger partial charge in [-0.1, -0.05) is 40.6 Å². The van der Waals surface area contributed by atoms with Gasteiger partial charge in [0.25, 0.3) is 0 Å². The number of nitrogens with one attached hydrogen (secondary N) is 1. The number of nitrogens with zero attached hydrogens (tertiary/aromatic N) is 3. The Labute approximate surface area is 164 Å². The van der Waals surface area contributed by atoms with E-state index in [1.165, 1.54) is 16.8 Å². The Morgan fingerprint density at radius 1 is 1.31 bits per heavy atom. The van der Waals surface area contributed by atoms with E-state index < -0.39 is 0 Å². The molecule has 0 radical (unpaired) electrons. The predicted molar refractivity (Wildman–Crippen MR) is 99.5 cm³/mol. The highest BCUT2D eigenvalue weighted by Crippen LogP contribution is 2.29. The smallest absolute Gasteiger partial charge is 0.226 e. The fourth-order valence-corrected chi connectivity index (χ4v) is 3.35. The number of hydrogen-bond acceptors (Lipinski definition) is 6. The summed E-state index contributed by atoms with van der Waals surface area (Å²) in [6.45, 7) is 1.33. The molecule has 1 aromatic heterocycles. The van der Waals surface area contributed by atoms with E-state index in [1.807, 2.05) is 6.07 Å². The lowest BCUT2D eigenvalue weighted by molar-refractivity contribution is -0.140. The Kier molecular flexibility index (Phi) is 6.42. The number of amides is 2. The van der Waals surface area contributed by atoms with Crippen LogP contribution < -0.4 is 5.32 Å². The topological polar surface area (TPSA) is 84.4 Å². The van der Waals surface area contributed by atoms with E-state index in [-0.39, 0.29) is 30.8 Å². The molecule has 1 unspecified atom stereocenters. The van der Waals surface area contributed by atoms with Crippen molar-refractivity contribution in [3.63, 3.8) is 0 Å². The van der Waals surface area contributed by atoms with Gasteiger partial charge in [0.1, 0.15) is 11.6 Å². The van der Waals surface area contributed by atoms with Crippen molar-refractivity contribution in [1.29, 1.82) is 0 Å². The molecule has 1 aliphatic rings. The molecule has 0 spiro atoms. The van der Waals surface area contributed by atoms with E-state index in [9.17, 15) is 9.59 Å². The van der Waals surface area contributed by atoms with Gasteiger partial charge in [-0.25, -0.2) is 0 Å². The molecular weight excluding hydrogens is 399 g/mol. The first-order chi connectivity index (χ1) is 12.5. The van der Waals surface area contributed by atoms with Crippen LogP contribution in [0.2, 0.25) is 10.0 Å². The SMILES string of the molecule is O=C(CCC(=O)N1CCOC(c2ccc(Cl)c(Cl)c2)C1)Nc1nncs1. The fourth-order valence-electron chi connectivity index (χ4n) is 2.58. The second-order valence-corrected chi connectivity index (χ2v) is 7.31. The highest BCUT2D eigenvalue weighted by atomic mass is 35.5. The summed E-state index contributed by atoms with van der Waals surface area (Å²) >= 11 is 13.2. The van der Waals surface area contributed by atoms with Crippen LogP contribution in [0.5, 0.6) is 0 Å². The van der Waals surface area contributed by atoms with Crippen LogP contribution >= 0.6 is 34.5 Å². The summed E-state index contributed by atoms with van der Waals surface area (Å²) in [4.78, 5) is 26.0. The molecule has 7 nitrogen and oxygen atoms in total.